The summed E-state index contributed by atoms with van der Waals surface area (Å²) in [6.07, 6.45) is 3.34. The Hall–Kier alpha value is -0.340. The lowest BCUT2D eigenvalue weighted by Gasteiger charge is -2.22. The van der Waals surface area contributed by atoms with Crippen LogP contribution in [0, 0.1) is 5.41 Å². The maximum Gasteiger partial charge on any atom is 0.00469 e. The van der Waals surface area contributed by atoms with E-state index in [2.05, 4.69) is 37.6 Å². The van der Waals surface area contributed by atoms with Crippen LogP contribution in [0.15, 0.2) is 16.8 Å². The Morgan fingerprint density at radius 3 is 2.64 bits per heavy atom. The van der Waals surface area contributed by atoms with Crippen molar-refractivity contribution in [3.63, 3.8) is 0 Å². The first-order valence-corrected chi connectivity index (χ1v) is 6.18. The molecule has 0 saturated heterocycles. The van der Waals surface area contributed by atoms with Crippen LogP contribution < -0.4 is 5.73 Å². The second-order valence-electron chi connectivity index (χ2n) is 5.20. The first-order valence-electron chi connectivity index (χ1n) is 5.24. The Balaban J connectivity index is 2.25. The molecule has 0 saturated carbocycles. The van der Waals surface area contributed by atoms with Crippen LogP contribution in [0.25, 0.3) is 0 Å². The van der Waals surface area contributed by atoms with Gasteiger partial charge in [-0.2, -0.15) is 11.3 Å². The summed E-state index contributed by atoms with van der Waals surface area (Å²) in [5.41, 5.74) is 7.87. The molecule has 0 aliphatic rings. The van der Waals surface area contributed by atoms with Gasteiger partial charge in [0.05, 0.1) is 0 Å². The molecule has 0 fully saturated rings. The Bertz CT molecular complexity index is 246. The fourth-order valence-corrected chi connectivity index (χ4v) is 2.38. The summed E-state index contributed by atoms with van der Waals surface area (Å²) >= 11 is 1.76. The molecule has 0 radical (unpaired) electrons. The number of aryl methyl sites for hydroxylation is 1. The van der Waals surface area contributed by atoms with Crippen LogP contribution in [0.3, 0.4) is 0 Å². The van der Waals surface area contributed by atoms with Crippen molar-refractivity contribution < 1.29 is 0 Å². The predicted molar refractivity (Wildman–Crippen MR) is 64.7 cm³/mol. The first kappa shape index (κ1) is 11.7. The lowest BCUT2D eigenvalue weighted by molar-refractivity contribution is 0.331. The van der Waals surface area contributed by atoms with Gasteiger partial charge in [-0.15, -0.1) is 0 Å². The molecule has 1 nitrogen and oxygen atoms in total. The van der Waals surface area contributed by atoms with E-state index < -0.39 is 0 Å². The zero-order valence-corrected chi connectivity index (χ0v) is 10.2. The summed E-state index contributed by atoms with van der Waals surface area (Å²) in [4.78, 5) is 0. The highest BCUT2D eigenvalue weighted by molar-refractivity contribution is 7.07. The van der Waals surface area contributed by atoms with Crippen molar-refractivity contribution in [1.29, 1.82) is 0 Å². The fourth-order valence-electron chi connectivity index (χ4n) is 1.68. The summed E-state index contributed by atoms with van der Waals surface area (Å²) in [6.45, 7) is 6.74. The zero-order chi connectivity index (χ0) is 10.6. The molecule has 1 unspecified atom stereocenters. The topological polar surface area (TPSA) is 26.0 Å². The highest BCUT2D eigenvalue weighted by atomic mass is 32.1. The molecule has 1 atom stereocenters. The quantitative estimate of drug-likeness (QED) is 0.811. The number of hydrogen-bond donors (Lipinski definition) is 1. The van der Waals surface area contributed by atoms with Gasteiger partial charge in [-0.3, -0.25) is 0 Å². The molecule has 2 heteroatoms. The predicted octanol–water partition coefficient (Wildman–Crippen LogP) is 3.44. The van der Waals surface area contributed by atoms with Crippen molar-refractivity contribution in [1.82, 2.24) is 0 Å². The van der Waals surface area contributed by atoms with Gasteiger partial charge in [-0.25, -0.2) is 0 Å². The number of hydrogen-bond acceptors (Lipinski definition) is 2. The zero-order valence-electron chi connectivity index (χ0n) is 9.42. The summed E-state index contributed by atoms with van der Waals surface area (Å²) in [5, 5.41) is 4.34. The lowest BCUT2D eigenvalue weighted by atomic mass is 9.86. The van der Waals surface area contributed by atoms with Crippen molar-refractivity contribution in [2.24, 2.45) is 11.1 Å². The van der Waals surface area contributed by atoms with Crippen molar-refractivity contribution >= 4 is 11.3 Å². The average molecular weight is 211 g/mol. The van der Waals surface area contributed by atoms with E-state index in [9.17, 15) is 0 Å². The van der Waals surface area contributed by atoms with Gasteiger partial charge in [0, 0.05) is 6.04 Å². The van der Waals surface area contributed by atoms with E-state index in [1.54, 1.807) is 11.3 Å². The van der Waals surface area contributed by atoms with E-state index in [1.807, 2.05) is 0 Å². The molecule has 1 aromatic rings. The first-order chi connectivity index (χ1) is 6.47. The average Bonchev–Trinajstić information content (AvgIpc) is 2.49. The standard InChI is InChI=1S/C12H21NS/c1-12(2,3)8-11(13)5-4-10-6-7-14-9-10/h6-7,9,11H,4-5,8,13H2,1-3H3. The minimum atomic E-state index is 0.342. The molecule has 1 rings (SSSR count). The molecule has 0 aromatic carbocycles. The van der Waals surface area contributed by atoms with Crippen molar-refractivity contribution in [3.8, 4) is 0 Å². The van der Waals surface area contributed by atoms with Crippen LogP contribution in [-0.2, 0) is 6.42 Å². The van der Waals surface area contributed by atoms with E-state index in [4.69, 9.17) is 5.73 Å². The second kappa shape index (κ2) is 4.94. The highest BCUT2D eigenvalue weighted by Crippen LogP contribution is 2.22. The fraction of sp³-hybridized carbons (Fsp3) is 0.667. The van der Waals surface area contributed by atoms with Gasteiger partial charge in [-0.1, -0.05) is 20.8 Å². The molecule has 0 aliphatic carbocycles. The van der Waals surface area contributed by atoms with Gasteiger partial charge in [0.1, 0.15) is 0 Å². The largest absolute Gasteiger partial charge is 0.328 e. The molecule has 0 spiro atoms. The maximum atomic E-state index is 6.08. The van der Waals surface area contributed by atoms with Crippen molar-refractivity contribution in [2.75, 3.05) is 0 Å². The van der Waals surface area contributed by atoms with Crippen molar-refractivity contribution in [2.45, 2.75) is 46.1 Å². The summed E-state index contributed by atoms with van der Waals surface area (Å²) < 4.78 is 0. The molecule has 0 bridgehead atoms. The number of rotatable bonds is 4. The SMILES string of the molecule is CC(C)(C)CC(N)CCc1ccsc1. The maximum absolute atomic E-state index is 6.08. The van der Waals surface area contributed by atoms with Gasteiger partial charge in [0.25, 0.3) is 0 Å². The van der Waals surface area contributed by atoms with Crippen LogP contribution in [-0.4, -0.2) is 6.04 Å². The Morgan fingerprint density at radius 1 is 1.43 bits per heavy atom. The summed E-state index contributed by atoms with van der Waals surface area (Å²) in [6, 6.07) is 2.53. The van der Waals surface area contributed by atoms with E-state index >= 15 is 0 Å². The van der Waals surface area contributed by atoms with E-state index in [0.29, 0.717) is 11.5 Å². The molecule has 80 valence electrons. The normalized spacial score (nSPS) is 14.3. The summed E-state index contributed by atoms with van der Waals surface area (Å²) in [7, 11) is 0. The van der Waals surface area contributed by atoms with Crippen molar-refractivity contribution in [3.05, 3.63) is 22.4 Å². The number of nitrogens with two attached hydrogens (primary N) is 1. The molecule has 2 N–H and O–H groups in total. The van der Waals surface area contributed by atoms with Gasteiger partial charge in [0.15, 0.2) is 0 Å². The van der Waals surface area contributed by atoms with Crippen LogP contribution >= 0.6 is 11.3 Å². The molecule has 1 heterocycles. The van der Waals surface area contributed by atoms with Gasteiger partial charge in [0.2, 0.25) is 0 Å². The third-order valence-electron chi connectivity index (χ3n) is 2.26. The van der Waals surface area contributed by atoms with Gasteiger partial charge < -0.3 is 5.73 Å². The highest BCUT2D eigenvalue weighted by Gasteiger charge is 2.15. The molecule has 1 aromatic heterocycles. The van der Waals surface area contributed by atoms with Crippen LogP contribution in [0.4, 0.5) is 0 Å². The smallest absolute Gasteiger partial charge is 0.00469 e. The third kappa shape index (κ3) is 4.77. The molecule has 14 heavy (non-hydrogen) atoms. The van der Waals surface area contributed by atoms with E-state index in [0.717, 1.165) is 19.3 Å². The second-order valence-corrected chi connectivity index (χ2v) is 5.98. The minimum Gasteiger partial charge on any atom is -0.328 e. The molecular formula is C12H21NS. The molecule has 0 aliphatic heterocycles. The molecule has 0 amide bonds. The van der Waals surface area contributed by atoms with Gasteiger partial charge in [-0.05, 0) is 47.1 Å². The lowest BCUT2D eigenvalue weighted by Crippen LogP contribution is -2.26. The molecular weight excluding hydrogens is 190 g/mol. The summed E-state index contributed by atoms with van der Waals surface area (Å²) in [5.74, 6) is 0. The minimum absolute atomic E-state index is 0.342. The van der Waals surface area contributed by atoms with E-state index in [1.165, 1.54) is 5.56 Å². The van der Waals surface area contributed by atoms with Gasteiger partial charge >= 0.3 is 0 Å². The van der Waals surface area contributed by atoms with E-state index in [-0.39, 0.29) is 0 Å². The Kier molecular flexibility index (Phi) is 4.14. The van der Waals surface area contributed by atoms with Crippen LogP contribution in [0.5, 0.6) is 0 Å². The van der Waals surface area contributed by atoms with Crippen LogP contribution in [0.2, 0.25) is 0 Å². The third-order valence-corrected chi connectivity index (χ3v) is 2.99. The van der Waals surface area contributed by atoms with Crippen LogP contribution in [0.1, 0.15) is 39.2 Å². The number of thiophene rings is 1. The Labute approximate surface area is 91.3 Å². The monoisotopic (exact) mass is 211 g/mol. The Morgan fingerprint density at radius 2 is 2.14 bits per heavy atom.